The molecule has 0 bridgehead atoms. The van der Waals surface area contributed by atoms with Gasteiger partial charge in [-0.2, -0.15) is 10.2 Å². The summed E-state index contributed by atoms with van der Waals surface area (Å²) in [5.41, 5.74) is 5.49. The lowest BCUT2D eigenvalue weighted by molar-refractivity contribution is -0.172. The number of fused-ring (bicyclic) bond motifs is 1. The van der Waals surface area contributed by atoms with E-state index in [-0.39, 0.29) is 42.3 Å². The Bertz CT molecular complexity index is 1800. The summed E-state index contributed by atoms with van der Waals surface area (Å²) in [6.45, 7) is 10.6. The largest absolute Gasteiger partial charge is 0.461 e. The molecule has 1 aliphatic carbocycles. The number of hydrogen-bond donors (Lipinski definition) is 2. The van der Waals surface area contributed by atoms with Crippen molar-refractivity contribution < 1.29 is 46.9 Å². The molecule has 55 heavy (non-hydrogen) atoms. The van der Waals surface area contributed by atoms with Crippen molar-refractivity contribution in [3.63, 3.8) is 0 Å². The molecule has 0 radical (unpaired) electrons. The SMILES string of the molecule is CC(C)CCC(=O)O[C@H]1[C@H](c2ccc3c(N)ncnn23)O[C@](C)(CO[P@@](=O)(N[C@@H](C)C(=O)OC2CCCCC2)Oc2ccccc2)[C@H]1OC(=O)CCC(C)C. The minimum atomic E-state index is -4.40. The van der Waals surface area contributed by atoms with E-state index in [1.807, 2.05) is 27.7 Å². The summed E-state index contributed by atoms with van der Waals surface area (Å²) in [5, 5.41) is 7.13. The van der Waals surface area contributed by atoms with E-state index in [4.69, 9.17) is 33.7 Å². The van der Waals surface area contributed by atoms with Crippen LogP contribution in [-0.4, -0.2) is 69.1 Å². The van der Waals surface area contributed by atoms with Crippen molar-refractivity contribution in [2.45, 2.75) is 135 Å². The number of benzene rings is 1. The number of para-hydroxylation sites is 1. The summed E-state index contributed by atoms with van der Waals surface area (Å²) in [4.78, 5) is 44.2. The van der Waals surface area contributed by atoms with Crippen molar-refractivity contribution in [2.75, 3.05) is 12.3 Å². The first-order valence-corrected chi connectivity index (χ1v) is 20.8. The molecule has 1 aliphatic heterocycles. The van der Waals surface area contributed by atoms with Crippen LogP contribution in [0.4, 0.5) is 5.82 Å². The molecule has 3 N–H and O–H groups in total. The first-order chi connectivity index (χ1) is 26.2. The fraction of sp³-hybridized carbons (Fsp3) is 0.615. The highest BCUT2D eigenvalue weighted by Gasteiger charge is 2.59. The van der Waals surface area contributed by atoms with Crippen LogP contribution in [0.15, 0.2) is 48.8 Å². The highest BCUT2D eigenvalue weighted by Crippen LogP contribution is 2.50. The van der Waals surface area contributed by atoms with E-state index in [0.29, 0.717) is 24.1 Å². The van der Waals surface area contributed by atoms with Crippen LogP contribution < -0.4 is 15.3 Å². The van der Waals surface area contributed by atoms with Gasteiger partial charge in [-0.15, -0.1) is 0 Å². The number of nitrogens with two attached hydrogens (primary N) is 1. The number of aromatic nitrogens is 3. The molecule has 2 fully saturated rings. The van der Waals surface area contributed by atoms with Crippen molar-refractivity contribution in [2.24, 2.45) is 11.8 Å². The van der Waals surface area contributed by atoms with E-state index < -0.39 is 62.2 Å². The Morgan fingerprint density at radius 3 is 2.25 bits per heavy atom. The number of anilines is 1. The van der Waals surface area contributed by atoms with Gasteiger partial charge in [-0.3, -0.25) is 18.9 Å². The van der Waals surface area contributed by atoms with Gasteiger partial charge in [-0.05, 0) is 88.5 Å². The second-order valence-electron chi connectivity index (χ2n) is 15.5. The summed E-state index contributed by atoms with van der Waals surface area (Å²) < 4.78 is 53.1. The number of carbonyl (C=O) groups excluding carboxylic acids is 3. The zero-order valence-corrected chi connectivity index (χ0v) is 33.6. The predicted molar refractivity (Wildman–Crippen MR) is 204 cm³/mol. The van der Waals surface area contributed by atoms with Crippen LogP contribution in [0, 0.1) is 11.8 Å². The highest BCUT2D eigenvalue weighted by molar-refractivity contribution is 7.52. The monoisotopic (exact) mass is 785 g/mol. The van der Waals surface area contributed by atoms with Crippen molar-refractivity contribution in [3.8, 4) is 5.75 Å². The molecule has 5 rings (SSSR count). The fourth-order valence-corrected chi connectivity index (χ4v) is 8.25. The summed E-state index contributed by atoms with van der Waals surface area (Å²) in [5.74, 6) is -0.765. The van der Waals surface area contributed by atoms with Gasteiger partial charge < -0.3 is 29.2 Å². The number of ether oxygens (including phenoxy) is 4. The maximum absolute atomic E-state index is 14.7. The second kappa shape index (κ2) is 18.7. The molecular formula is C39H56N5O10P. The number of hydrogen-bond acceptors (Lipinski definition) is 13. The lowest BCUT2D eigenvalue weighted by atomic mass is 9.96. The minimum absolute atomic E-state index is 0.0966. The summed E-state index contributed by atoms with van der Waals surface area (Å²) >= 11 is 0. The van der Waals surface area contributed by atoms with Crippen LogP contribution in [0.2, 0.25) is 0 Å². The zero-order valence-electron chi connectivity index (χ0n) is 32.7. The fourth-order valence-electron chi connectivity index (χ4n) is 6.67. The van der Waals surface area contributed by atoms with Crippen molar-refractivity contribution in [3.05, 3.63) is 54.5 Å². The third kappa shape index (κ3) is 11.3. The molecule has 6 atom stereocenters. The molecule has 0 unspecified atom stereocenters. The number of rotatable bonds is 18. The van der Waals surface area contributed by atoms with Crippen LogP contribution in [0.1, 0.15) is 111 Å². The third-order valence-electron chi connectivity index (χ3n) is 9.81. The molecule has 15 nitrogen and oxygen atoms in total. The number of nitrogen functional groups attached to an aromatic ring is 1. The van der Waals surface area contributed by atoms with Crippen LogP contribution in [-0.2, 0) is 42.4 Å². The third-order valence-corrected chi connectivity index (χ3v) is 11.4. The smallest absolute Gasteiger partial charge is 0.459 e. The van der Waals surface area contributed by atoms with Gasteiger partial charge in [0.05, 0.1) is 12.3 Å². The number of nitrogens with one attached hydrogen (secondary N) is 1. The quantitative estimate of drug-likeness (QED) is 0.0769. The summed E-state index contributed by atoms with van der Waals surface area (Å²) in [7, 11) is -4.40. The molecule has 3 heterocycles. The Hall–Kier alpha value is -4.04. The molecular weight excluding hydrogens is 729 g/mol. The summed E-state index contributed by atoms with van der Waals surface area (Å²) in [6.07, 6.45) is 3.48. The van der Waals surface area contributed by atoms with Gasteiger partial charge in [0.2, 0.25) is 0 Å². The van der Waals surface area contributed by atoms with Crippen LogP contribution >= 0.6 is 7.75 Å². The maximum atomic E-state index is 14.7. The van der Waals surface area contributed by atoms with E-state index in [1.54, 1.807) is 49.4 Å². The molecule has 0 amide bonds. The Balaban J connectivity index is 1.48. The Labute approximate surface area is 322 Å². The lowest BCUT2D eigenvalue weighted by Gasteiger charge is -2.33. The zero-order chi connectivity index (χ0) is 39.8. The van der Waals surface area contributed by atoms with Gasteiger partial charge in [-0.25, -0.2) is 14.1 Å². The summed E-state index contributed by atoms with van der Waals surface area (Å²) in [6, 6.07) is 10.7. The first-order valence-electron chi connectivity index (χ1n) is 19.3. The van der Waals surface area contributed by atoms with Gasteiger partial charge in [-0.1, -0.05) is 52.3 Å². The highest BCUT2D eigenvalue weighted by atomic mass is 31.2. The molecule has 2 aliphatic rings. The Kier molecular flexibility index (Phi) is 14.3. The number of carbonyl (C=O) groups is 3. The molecule has 302 valence electrons. The average Bonchev–Trinajstić information content (AvgIpc) is 3.69. The number of nitrogens with zero attached hydrogens (tertiary/aromatic N) is 3. The maximum Gasteiger partial charge on any atom is 0.459 e. The molecule has 2 aromatic heterocycles. The van der Waals surface area contributed by atoms with Crippen LogP contribution in [0.5, 0.6) is 5.75 Å². The standard InChI is InChI=1S/C39H56N5O10P/c1-25(2)17-21-32(45)51-35-34(30-19-20-31-37(40)41-24-42-44(30)31)53-39(6,36(35)52-33(46)22-18-26(3)4)23-49-55(48,54-29-15-11-8-12-16-29)43-27(5)38(47)50-28-13-9-7-10-14-28/h8,11-12,15-16,19-20,24-28,34-36H,7,9-10,13-14,17-18,21-23H2,1-6H3,(H,43,48)(H2,40,41,42)/t27-,34-,35-,36-,39+,55-/m0/s1. The van der Waals surface area contributed by atoms with E-state index in [0.717, 1.165) is 32.1 Å². The van der Waals surface area contributed by atoms with Crippen molar-refractivity contribution in [1.82, 2.24) is 19.7 Å². The van der Waals surface area contributed by atoms with Gasteiger partial charge in [0, 0.05) is 12.8 Å². The Morgan fingerprint density at radius 2 is 1.60 bits per heavy atom. The van der Waals surface area contributed by atoms with E-state index >= 15 is 0 Å². The van der Waals surface area contributed by atoms with E-state index in [9.17, 15) is 18.9 Å². The van der Waals surface area contributed by atoms with Gasteiger partial charge in [0.15, 0.2) is 18.0 Å². The van der Waals surface area contributed by atoms with Crippen molar-refractivity contribution >= 4 is 37.0 Å². The molecule has 16 heteroatoms. The van der Waals surface area contributed by atoms with E-state index in [2.05, 4.69) is 15.2 Å². The first kappa shape index (κ1) is 42.1. The average molecular weight is 786 g/mol. The minimum Gasteiger partial charge on any atom is -0.461 e. The van der Waals surface area contributed by atoms with Gasteiger partial charge in [0.25, 0.3) is 0 Å². The topological polar surface area (TPSA) is 192 Å². The predicted octanol–water partition coefficient (Wildman–Crippen LogP) is 6.90. The van der Waals surface area contributed by atoms with E-state index in [1.165, 1.54) is 17.8 Å². The van der Waals surface area contributed by atoms with Crippen LogP contribution in [0.25, 0.3) is 5.52 Å². The van der Waals surface area contributed by atoms with Gasteiger partial charge >= 0.3 is 25.7 Å². The van der Waals surface area contributed by atoms with Crippen LogP contribution in [0.3, 0.4) is 0 Å². The molecule has 3 aromatic rings. The lowest BCUT2D eigenvalue weighted by Crippen LogP contribution is -2.48. The van der Waals surface area contributed by atoms with Crippen molar-refractivity contribution in [1.29, 1.82) is 0 Å². The Morgan fingerprint density at radius 1 is 0.945 bits per heavy atom. The molecule has 1 aromatic carbocycles. The van der Waals surface area contributed by atoms with Gasteiger partial charge in [0.1, 0.15) is 41.4 Å². The number of esters is 3. The molecule has 0 spiro atoms. The second-order valence-corrected chi connectivity index (χ2v) is 17.2. The normalized spacial score (nSPS) is 23.4. The molecule has 1 saturated heterocycles. The molecule has 1 saturated carbocycles.